The van der Waals surface area contributed by atoms with Crippen LogP contribution in [-0.4, -0.2) is 54.0 Å². The summed E-state index contributed by atoms with van der Waals surface area (Å²) in [6, 6.07) is 15.0. The van der Waals surface area contributed by atoms with Crippen molar-refractivity contribution in [2.45, 2.75) is 44.2 Å². The standard InChI is InChI=1S/C26H29N3O4/c1-29(20-13-12-19(15-20)24(30)27-16-21-5-4-14-32-21)26(31)18-10-8-17(9-11-18)25-28-22-6-2-3-7-23(22)33-25/h2-3,6-11,19-21H,4-5,12-16H2,1H3,(H,27,30)/t19-,20+,21?/m0/s1. The Kier molecular flexibility index (Phi) is 6.13. The lowest BCUT2D eigenvalue weighted by Crippen LogP contribution is -2.38. The van der Waals surface area contributed by atoms with Crippen molar-refractivity contribution >= 4 is 22.9 Å². The van der Waals surface area contributed by atoms with Gasteiger partial charge in [-0.1, -0.05) is 12.1 Å². The van der Waals surface area contributed by atoms with Gasteiger partial charge in [0, 0.05) is 43.3 Å². The fraction of sp³-hybridized carbons (Fsp3) is 0.423. The summed E-state index contributed by atoms with van der Waals surface area (Å²) in [5.41, 5.74) is 2.99. The van der Waals surface area contributed by atoms with Gasteiger partial charge in [-0.15, -0.1) is 0 Å². The van der Waals surface area contributed by atoms with E-state index in [1.807, 2.05) is 55.6 Å². The fourth-order valence-electron chi connectivity index (χ4n) is 4.83. The average Bonchev–Trinajstić information content (AvgIpc) is 3.62. The number of hydrogen-bond donors (Lipinski definition) is 1. The molecule has 1 aliphatic carbocycles. The van der Waals surface area contributed by atoms with Crippen LogP contribution < -0.4 is 5.32 Å². The van der Waals surface area contributed by atoms with Gasteiger partial charge in [0.15, 0.2) is 5.58 Å². The van der Waals surface area contributed by atoms with Gasteiger partial charge >= 0.3 is 0 Å². The molecule has 0 bridgehead atoms. The minimum Gasteiger partial charge on any atom is -0.436 e. The SMILES string of the molecule is CN(C(=O)c1ccc(-c2nc3ccccc3o2)cc1)[C@@H]1CC[C@H](C(=O)NCC2CCCO2)C1. The normalized spacial score (nSPS) is 22.5. The maximum Gasteiger partial charge on any atom is 0.253 e. The molecule has 2 fully saturated rings. The number of oxazole rings is 1. The number of ether oxygens (including phenoxy) is 1. The minimum atomic E-state index is -0.0480. The monoisotopic (exact) mass is 447 g/mol. The van der Waals surface area contributed by atoms with Gasteiger partial charge in [0.1, 0.15) is 5.52 Å². The molecule has 1 N–H and O–H groups in total. The van der Waals surface area contributed by atoms with Crippen LogP contribution >= 0.6 is 0 Å². The molecular formula is C26H29N3O4. The number of nitrogens with one attached hydrogen (secondary N) is 1. The number of hydrogen-bond acceptors (Lipinski definition) is 5. The molecule has 7 heteroatoms. The predicted molar refractivity (Wildman–Crippen MR) is 125 cm³/mol. The van der Waals surface area contributed by atoms with Gasteiger partial charge < -0.3 is 19.4 Å². The molecule has 7 nitrogen and oxygen atoms in total. The van der Waals surface area contributed by atoms with Gasteiger partial charge in [0.05, 0.1) is 6.10 Å². The number of nitrogens with zero attached hydrogens (tertiary/aromatic N) is 2. The molecule has 2 aromatic carbocycles. The van der Waals surface area contributed by atoms with E-state index in [1.165, 1.54) is 0 Å². The number of amides is 2. The molecule has 5 rings (SSSR count). The van der Waals surface area contributed by atoms with Gasteiger partial charge in [0.25, 0.3) is 5.91 Å². The first-order valence-electron chi connectivity index (χ1n) is 11.7. The molecule has 0 spiro atoms. The molecule has 172 valence electrons. The Hall–Kier alpha value is -3.19. The van der Waals surface area contributed by atoms with Crippen LogP contribution in [0.25, 0.3) is 22.6 Å². The molecule has 3 aromatic rings. The Morgan fingerprint density at radius 1 is 1.09 bits per heavy atom. The third-order valence-electron chi connectivity index (χ3n) is 6.84. The number of rotatable bonds is 6. The van der Waals surface area contributed by atoms with Gasteiger partial charge in [-0.2, -0.15) is 0 Å². The summed E-state index contributed by atoms with van der Waals surface area (Å²) in [7, 11) is 1.83. The molecule has 0 radical (unpaired) electrons. The molecule has 1 saturated carbocycles. The van der Waals surface area contributed by atoms with Crippen molar-refractivity contribution in [2.75, 3.05) is 20.2 Å². The van der Waals surface area contributed by atoms with Crippen molar-refractivity contribution in [3.63, 3.8) is 0 Å². The van der Waals surface area contributed by atoms with Crippen LogP contribution in [0.3, 0.4) is 0 Å². The second-order valence-corrected chi connectivity index (χ2v) is 9.02. The summed E-state index contributed by atoms with van der Waals surface area (Å²) in [6.45, 7) is 1.37. The number of carbonyl (C=O) groups excluding carboxylic acids is 2. The lowest BCUT2D eigenvalue weighted by molar-refractivity contribution is -0.125. The van der Waals surface area contributed by atoms with Crippen molar-refractivity contribution in [1.29, 1.82) is 0 Å². The maximum absolute atomic E-state index is 13.1. The Bertz CT molecular complexity index is 1100. The number of aromatic nitrogens is 1. The first kappa shape index (κ1) is 21.6. The lowest BCUT2D eigenvalue weighted by atomic mass is 10.1. The van der Waals surface area contributed by atoms with E-state index in [2.05, 4.69) is 10.3 Å². The average molecular weight is 448 g/mol. The molecule has 2 amide bonds. The minimum absolute atomic E-state index is 0.0375. The smallest absolute Gasteiger partial charge is 0.253 e. The molecule has 1 unspecified atom stereocenters. The highest BCUT2D eigenvalue weighted by molar-refractivity contribution is 5.95. The second-order valence-electron chi connectivity index (χ2n) is 9.02. The zero-order valence-electron chi connectivity index (χ0n) is 18.8. The molecule has 1 saturated heterocycles. The summed E-state index contributed by atoms with van der Waals surface area (Å²) in [4.78, 5) is 31.9. The van der Waals surface area contributed by atoms with Crippen molar-refractivity contribution in [3.05, 3.63) is 54.1 Å². The van der Waals surface area contributed by atoms with Crippen LogP contribution in [0.1, 0.15) is 42.5 Å². The van der Waals surface area contributed by atoms with Gasteiger partial charge in [0.2, 0.25) is 11.8 Å². The number of benzene rings is 2. The van der Waals surface area contributed by atoms with E-state index >= 15 is 0 Å². The molecule has 33 heavy (non-hydrogen) atoms. The highest BCUT2D eigenvalue weighted by Gasteiger charge is 2.34. The van der Waals surface area contributed by atoms with Crippen LogP contribution in [-0.2, 0) is 9.53 Å². The third kappa shape index (κ3) is 4.64. The van der Waals surface area contributed by atoms with Gasteiger partial charge in [-0.3, -0.25) is 9.59 Å². The number of para-hydroxylation sites is 2. The van der Waals surface area contributed by atoms with Crippen LogP contribution in [0.15, 0.2) is 52.9 Å². The summed E-state index contributed by atoms with van der Waals surface area (Å²) < 4.78 is 11.4. The number of carbonyl (C=O) groups is 2. The molecule has 2 aliphatic rings. The zero-order valence-corrected chi connectivity index (χ0v) is 18.8. The predicted octanol–water partition coefficient (Wildman–Crippen LogP) is 4.03. The largest absolute Gasteiger partial charge is 0.436 e. The second kappa shape index (κ2) is 9.35. The van der Waals surface area contributed by atoms with E-state index < -0.39 is 0 Å². The van der Waals surface area contributed by atoms with Crippen molar-refractivity contribution in [2.24, 2.45) is 5.92 Å². The Morgan fingerprint density at radius 2 is 1.91 bits per heavy atom. The van der Waals surface area contributed by atoms with E-state index in [4.69, 9.17) is 9.15 Å². The van der Waals surface area contributed by atoms with Gasteiger partial charge in [-0.25, -0.2) is 4.98 Å². The van der Waals surface area contributed by atoms with Crippen LogP contribution in [0, 0.1) is 5.92 Å². The van der Waals surface area contributed by atoms with Crippen LogP contribution in [0.4, 0.5) is 0 Å². The summed E-state index contributed by atoms with van der Waals surface area (Å²) >= 11 is 0. The van der Waals surface area contributed by atoms with Crippen LogP contribution in [0.2, 0.25) is 0 Å². The first-order valence-corrected chi connectivity index (χ1v) is 11.7. The molecule has 2 heterocycles. The molecule has 1 aromatic heterocycles. The van der Waals surface area contributed by atoms with E-state index in [-0.39, 0.29) is 29.9 Å². The quantitative estimate of drug-likeness (QED) is 0.617. The van der Waals surface area contributed by atoms with Crippen LogP contribution in [0.5, 0.6) is 0 Å². The van der Waals surface area contributed by atoms with E-state index in [1.54, 1.807) is 4.90 Å². The first-order chi connectivity index (χ1) is 16.1. The highest BCUT2D eigenvalue weighted by atomic mass is 16.5. The summed E-state index contributed by atoms with van der Waals surface area (Å²) in [5, 5.41) is 3.04. The van der Waals surface area contributed by atoms with Crippen molar-refractivity contribution < 1.29 is 18.7 Å². The van der Waals surface area contributed by atoms with E-state index in [0.717, 1.165) is 49.0 Å². The van der Waals surface area contributed by atoms with Crippen molar-refractivity contribution in [1.82, 2.24) is 15.2 Å². The maximum atomic E-state index is 13.1. The summed E-state index contributed by atoms with van der Waals surface area (Å²) in [6.07, 6.45) is 4.55. The molecule has 1 aliphatic heterocycles. The Labute approximate surface area is 193 Å². The lowest BCUT2D eigenvalue weighted by Gasteiger charge is -2.25. The van der Waals surface area contributed by atoms with E-state index in [0.29, 0.717) is 24.4 Å². The highest BCUT2D eigenvalue weighted by Crippen LogP contribution is 2.30. The molecule has 3 atom stereocenters. The number of fused-ring (bicyclic) bond motifs is 1. The van der Waals surface area contributed by atoms with Crippen molar-refractivity contribution in [3.8, 4) is 11.5 Å². The Balaban J connectivity index is 1.18. The third-order valence-corrected chi connectivity index (χ3v) is 6.84. The Morgan fingerprint density at radius 3 is 2.67 bits per heavy atom. The van der Waals surface area contributed by atoms with Gasteiger partial charge in [-0.05, 0) is 68.5 Å². The van der Waals surface area contributed by atoms with E-state index in [9.17, 15) is 9.59 Å². The zero-order chi connectivity index (χ0) is 22.8. The summed E-state index contributed by atoms with van der Waals surface area (Å²) in [5.74, 6) is 0.533. The topological polar surface area (TPSA) is 84.7 Å². The fourth-order valence-corrected chi connectivity index (χ4v) is 4.83. The molecular weight excluding hydrogens is 418 g/mol.